The molecule has 2 aliphatic carbocycles. The molecule has 0 radical (unpaired) electrons. The molecular formula is C14H20BrNO. The molecule has 17 heavy (non-hydrogen) atoms. The summed E-state index contributed by atoms with van der Waals surface area (Å²) in [7, 11) is 2.04. The van der Waals surface area contributed by atoms with Gasteiger partial charge in [-0.3, -0.25) is 0 Å². The lowest BCUT2D eigenvalue weighted by atomic mass is 9.84. The van der Waals surface area contributed by atoms with Crippen molar-refractivity contribution in [3.05, 3.63) is 22.6 Å². The van der Waals surface area contributed by atoms with Crippen LogP contribution in [0.3, 0.4) is 0 Å². The summed E-state index contributed by atoms with van der Waals surface area (Å²) < 4.78 is 6.52. The van der Waals surface area contributed by atoms with Crippen LogP contribution in [0.5, 0.6) is 0 Å². The largest absolute Gasteiger partial charge is 0.453 e. The van der Waals surface area contributed by atoms with E-state index in [1.807, 2.05) is 13.1 Å². The summed E-state index contributed by atoms with van der Waals surface area (Å²) in [5.74, 6) is 4.01. The van der Waals surface area contributed by atoms with Gasteiger partial charge in [-0.1, -0.05) is 6.42 Å². The Morgan fingerprint density at radius 1 is 1.41 bits per heavy atom. The van der Waals surface area contributed by atoms with E-state index in [1.165, 1.54) is 32.1 Å². The van der Waals surface area contributed by atoms with Crippen LogP contribution in [-0.4, -0.2) is 7.05 Å². The Balaban J connectivity index is 1.66. The first-order valence-corrected chi connectivity index (χ1v) is 7.48. The van der Waals surface area contributed by atoms with Gasteiger partial charge in [-0.2, -0.15) is 0 Å². The highest BCUT2D eigenvalue weighted by molar-refractivity contribution is 9.10. The quantitative estimate of drug-likeness (QED) is 0.904. The third-order valence-corrected chi connectivity index (χ3v) is 5.14. The number of furan rings is 1. The fraction of sp³-hybridized carbons (Fsp3) is 0.714. The van der Waals surface area contributed by atoms with Crippen molar-refractivity contribution in [1.82, 2.24) is 5.32 Å². The minimum atomic E-state index is 0.380. The number of fused-ring (bicyclic) bond motifs is 2. The molecule has 2 aliphatic rings. The third-order valence-electron chi connectivity index (χ3n) is 4.71. The average molecular weight is 298 g/mol. The zero-order valence-electron chi connectivity index (χ0n) is 10.3. The van der Waals surface area contributed by atoms with Crippen LogP contribution in [0.25, 0.3) is 0 Å². The molecule has 0 amide bonds. The van der Waals surface area contributed by atoms with Gasteiger partial charge in [0.2, 0.25) is 0 Å². The van der Waals surface area contributed by atoms with E-state index < -0.39 is 0 Å². The normalized spacial score (nSPS) is 33.2. The highest BCUT2D eigenvalue weighted by Crippen LogP contribution is 2.50. The van der Waals surface area contributed by atoms with E-state index in [0.717, 1.165) is 28.2 Å². The van der Waals surface area contributed by atoms with Crippen molar-refractivity contribution in [1.29, 1.82) is 0 Å². The van der Waals surface area contributed by atoms with Gasteiger partial charge >= 0.3 is 0 Å². The van der Waals surface area contributed by atoms with Gasteiger partial charge in [-0.15, -0.1) is 0 Å². The first-order chi connectivity index (χ1) is 8.26. The lowest BCUT2D eigenvalue weighted by molar-refractivity contribution is 0.267. The van der Waals surface area contributed by atoms with Crippen molar-refractivity contribution < 1.29 is 4.42 Å². The maximum atomic E-state index is 5.68. The van der Waals surface area contributed by atoms with Gasteiger partial charge in [0.1, 0.15) is 5.76 Å². The third kappa shape index (κ3) is 2.32. The van der Waals surface area contributed by atoms with Gasteiger partial charge in [0.05, 0.1) is 6.04 Å². The zero-order valence-corrected chi connectivity index (χ0v) is 11.9. The maximum Gasteiger partial charge on any atom is 0.169 e. The Kier molecular flexibility index (Phi) is 3.31. The van der Waals surface area contributed by atoms with Crippen LogP contribution in [0.2, 0.25) is 0 Å². The van der Waals surface area contributed by atoms with Crippen molar-refractivity contribution in [2.24, 2.45) is 17.8 Å². The summed E-state index contributed by atoms with van der Waals surface area (Å²) in [6, 6.07) is 4.45. The number of halogens is 1. The first kappa shape index (κ1) is 11.8. The van der Waals surface area contributed by atoms with E-state index in [9.17, 15) is 0 Å². The minimum absolute atomic E-state index is 0.380. The molecule has 2 bridgehead atoms. The monoisotopic (exact) mass is 297 g/mol. The van der Waals surface area contributed by atoms with Gasteiger partial charge in [-0.25, -0.2) is 0 Å². The lowest BCUT2D eigenvalue weighted by Crippen LogP contribution is -2.22. The van der Waals surface area contributed by atoms with Gasteiger partial charge in [0, 0.05) is 0 Å². The van der Waals surface area contributed by atoms with Gasteiger partial charge < -0.3 is 9.73 Å². The molecule has 0 saturated heterocycles. The molecule has 2 nitrogen and oxygen atoms in total. The summed E-state index contributed by atoms with van der Waals surface area (Å²) in [5, 5.41) is 3.40. The van der Waals surface area contributed by atoms with E-state index in [0.29, 0.717) is 6.04 Å². The van der Waals surface area contributed by atoms with Crippen molar-refractivity contribution in [2.75, 3.05) is 7.05 Å². The van der Waals surface area contributed by atoms with Crippen LogP contribution < -0.4 is 5.32 Å². The molecule has 2 fully saturated rings. The first-order valence-electron chi connectivity index (χ1n) is 6.68. The Bertz CT molecular complexity index is 389. The zero-order chi connectivity index (χ0) is 11.8. The molecule has 4 unspecified atom stereocenters. The molecule has 0 aliphatic heterocycles. The predicted octanol–water partition coefficient (Wildman–Crippen LogP) is 4.13. The molecule has 3 heteroatoms. The fourth-order valence-corrected chi connectivity index (χ4v) is 4.18. The maximum absolute atomic E-state index is 5.68. The molecule has 0 aromatic carbocycles. The molecule has 1 N–H and O–H groups in total. The van der Waals surface area contributed by atoms with Crippen LogP contribution in [0.4, 0.5) is 0 Å². The minimum Gasteiger partial charge on any atom is -0.453 e. The number of nitrogens with one attached hydrogen (secondary N) is 1. The van der Waals surface area contributed by atoms with Crippen LogP contribution in [0.15, 0.2) is 21.2 Å². The van der Waals surface area contributed by atoms with Gasteiger partial charge in [-0.05, 0) is 78.5 Å². The van der Waals surface area contributed by atoms with Crippen LogP contribution >= 0.6 is 15.9 Å². The molecule has 94 valence electrons. The topological polar surface area (TPSA) is 25.2 Å². The predicted molar refractivity (Wildman–Crippen MR) is 71.8 cm³/mol. The molecule has 4 atom stereocenters. The average Bonchev–Trinajstić information content (AvgIpc) is 3.01. The second-order valence-electron chi connectivity index (χ2n) is 5.65. The fourth-order valence-electron chi connectivity index (χ4n) is 3.86. The summed E-state index contributed by atoms with van der Waals surface area (Å²) >= 11 is 3.38. The van der Waals surface area contributed by atoms with Crippen molar-refractivity contribution >= 4 is 15.9 Å². The molecule has 2 saturated carbocycles. The van der Waals surface area contributed by atoms with E-state index in [4.69, 9.17) is 4.42 Å². The Labute approximate surface area is 111 Å². The molecule has 3 rings (SSSR count). The number of hydrogen-bond acceptors (Lipinski definition) is 2. The Morgan fingerprint density at radius 2 is 2.29 bits per heavy atom. The Hall–Kier alpha value is -0.280. The summed E-state index contributed by atoms with van der Waals surface area (Å²) in [6.45, 7) is 0. The number of hydrogen-bond donors (Lipinski definition) is 1. The van der Waals surface area contributed by atoms with Crippen molar-refractivity contribution in [3.8, 4) is 0 Å². The molecular weight excluding hydrogens is 278 g/mol. The van der Waals surface area contributed by atoms with Crippen LogP contribution in [0.1, 0.15) is 43.9 Å². The highest BCUT2D eigenvalue weighted by atomic mass is 79.9. The summed E-state index contributed by atoms with van der Waals surface area (Å²) in [6.07, 6.45) is 7.12. The van der Waals surface area contributed by atoms with Crippen molar-refractivity contribution in [3.63, 3.8) is 0 Å². The molecule has 0 spiro atoms. The second kappa shape index (κ2) is 4.77. The number of rotatable bonds is 4. The SMILES string of the molecule is CNC(CC1CC2CCC1C2)c1ccc(Br)o1. The molecule has 1 heterocycles. The van der Waals surface area contributed by atoms with Gasteiger partial charge in [0.15, 0.2) is 4.67 Å². The van der Waals surface area contributed by atoms with Crippen LogP contribution in [-0.2, 0) is 0 Å². The Morgan fingerprint density at radius 3 is 2.82 bits per heavy atom. The summed E-state index contributed by atoms with van der Waals surface area (Å²) in [4.78, 5) is 0. The molecule has 1 aromatic heterocycles. The van der Waals surface area contributed by atoms with Crippen molar-refractivity contribution in [2.45, 2.75) is 38.1 Å². The highest BCUT2D eigenvalue weighted by Gasteiger charge is 2.40. The van der Waals surface area contributed by atoms with E-state index in [1.54, 1.807) is 0 Å². The summed E-state index contributed by atoms with van der Waals surface area (Å²) in [5.41, 5.74) is 0. The smallest absolute Gasteiger partial charge is 0.169 e. The standard InChI is InChI=1S/C14H20BrNO/c1-16-12(13-4-5-14(15)17-13)8-11-7-9-2-3-10(11)6-9/h4-5,9-12,16H,2-3,6-8H2,1H3. The van der Waals surface area contributed by atoms with E-state index in [2.05, 4.69) is 27.3 Å². The lowest BCUT2D eigenvalue weighted by Gasteiger charge is -2.25. The molecule has 1 aromatic rings. The van der Waals surface area contributed by atoms with E-state index in [-0.39, 0.29) is 0 Å². The second-order valence-corrected chi connectivity index (χ2v) is 6.44. The van der Waals surface area contributed by atoms with E-state index >= 15 is 0 Å². The van der Waals surface area contributed by atoms with Crippen LogP contribution in [0, 0.1) is 17.8 Å². The van der Waals surface area contributed by atoms with Gasteiger partial charge in [0.25, 0.3) is 0 Å².